The SMILES string of the molecule is COC(=O)[C@@H](Cc1cccc(C)c1)NC(=O)c1cc(C)cc(C)c1. The number of rotatable bonds is 5. The van der Waals surface area contributed by atoms with E-state index in [0.717, 1.165) is 22.3 Å². The Morgan fingerprint density at radius 2 is 1.67 bits per heavy atom. The molecule has 0 aliphatic carbocycles. The van der Waals surface area contributed by atoms with E-state index in [2.05, 4.69) is 5.32 Å². The Morgan fingerprint density at radius 1 is 1.00 bits per heavy atom. The Labute approximate surface area is 142 Å². The van der Waals surface area contributed by atoms with Crippen molar-refractivity contribution in [3.8, 4) is 0 Å². The molecule has 0 saturated heterocycles. The molecule has 2 aromatic rings. The number of aryl methyl sites for hydroxylation is 3. The smallest absolute Gasteiger partial charge is 0.328 e. The monoisotopic (exact) mass is 325 g/mol. The van der Waals surface area contributed by atoms with Crippen molar-refractivity contribution in [3.05, 3.63) is 70.3 Å². The standard InChI is InChI=1S/C20H23NO3/c1-13-6-5-7-16(9-13)12-18(20(23)24-4)21-19(22)17-10-14(2)8-15(3)11-17/h5-11,18H,12H2,1-4H3,(H,21,22)/t18-/m1/s1. The molecule has 1 amide bonds. The highest BCUT2D eigenvalue weighted by Crippen LogP contribution is 2.11. The first-order valence-corrected chi connectivity index (χ1v) is 7.91. The molecule has 1 atom stereocenters. The van der Waals surface area contributed by atoms with Crippen LogP contribution >= 0.6 is 0 Å². The number of hydrogen-bond acceptors (Lipinski definition) is 3. The zero-order chi connectivity index (χ0) is 17.7. The molecule has 1 N–H and O–H groups in total. The summed E-state index contributed by atoms with van der Waals surface area (Å²) >= 11 is 0. The quantitative estimate of drug-likeness (QED) is 0.859. The molecule has 0 heterocycles. The number of carbonyl (C=O) groups is 2. The van der Waals surface area contributed by atoms with Crippen LogP contribution in [0.15, 0.2) is 42.5 Å². The van der Waals surface area contributed by atoms with Gasteiger partial charge in [0, 0.05) is 12.0 Å². The van der Waals surface area contributed by atoms with Gasteiger partial charge >= 0.3 is 5.97 Å². The summed E-state index contributed by atoms with van der Waals surface area (Å²) in [5, 5.41) is 2.79. The van der Waals surface area contributed by atoms with Crippen LogP contribution in [0, 0.1) is 20.8 Å². The number of methoxy groups -OCH3 is 1. The minimum Gasteiger partial charge on any atom is -0.467 e. The third-order valence-corrected chi connectivity index (χ3v) is 3.80. The summed E-state index contributed by atoms with van der Waals surface area (Å²) in [4.78, 5) is 24.6. The molecule has 24 heavy (non-hydrogen) atoms. The molecule has 0 unspecified atom stereocenters. The van der Waals surface area contributed by atoms with Gasteiger partial charge in [0.15, 0.2) is 0 Å². The number of esters is 1. The summed E-state index contributed by atoms with van der Waals surface area (Å²) in [6, 6.07) is 12.8. The van der Waals surface area contributed by atoms with Gasteiger partial charge in [-0.2, -0.15) is 0 Å². The summed E-state index contributed by atoms with van der Waals surface area (Å²) in [6.45, 7) is 5.87. The van der Waals surface area contributed by atoms with Crippen molar-refractivity contribution in [3.63, 3.8) is 0 Å². The highest BCUT2D eigenvalue weighted by Gasteiger charge is 2.22. The van der Waals surface area contributed by atoms with Crippen molar-refractivity contribution in [2.24, 2.45) is 0 Å². The molecule has 0 saturated carbocycles. The highest BCUT2D eigenvalue weighted by atomic mass is 16.5. The summed E-state index contributed by atoms with van der Waals surface area (Å²) in [5.74, 6) is -0.723. The van der Waals surface area contributed by atoms with E-state index in [1.54, 1.807) is 0 Å². The van der Waals surface area contributed by atoms with Crippen LogP contribution in [0.3, 0.4) is 0 Å². The first-order chi connectivity index (χ1) is 11.4. The first-order valence-electron chi connectivity index (χ1n) is 7.91. The van der Waals surface area contributed by atoms with Gasteiger partial charge in [0.05, 0.1) is 7.11 Å². The fourth-order valence-corrected chi connectivity index (χ4v) is 2.76. The zero-order valence-corrected chi connectivity index (χ0v) is 14.6. The predicted molar refractivity (Wildman–Crippen MR) is 94.1 cm³/mol. The van der Waals surface area contributed by atoms with Crippen LogP contribution in [0.5, 0.6) is 0 Å². The van der Waals surface area contributed by atoms with Crippen LogP contribution in [0.25, 0.3) is 0 Å². The maximum Gasteiger partial charge on any atom is 0.328 e. The van der Waals surface area contributed by atoms with Crippen molar-refractivity contribution < 1.29 is 14.3 Å². The third kappa shape index (κ3) is 4.69. The van der Waals surface area contributed by atoms with Gasteiger partial charge in [0.2, 0.25) is 0 Å². The van der Waals surface area contributed by atoms with E-state index in [0.29, 0.717) is 12.0 Å². The van der Waals surface area contributed by atoms with Crippen LogP contribution in [-0.4, -0.2) is 25.0 Å². The number of amides is 1. The highest BCUT2D eigenvalue weighted by molar-refractivity contribution is 5.97. The van der Waals surface area contributed by atoms with Gasteiger partial charge in [-0.1, -0.05) is 47.0 Å². The Morgan fingerprint density at radius 3 is 2.25 bits per heavy atom. The van der Waals surface area contributed by atoms with Gasteiger partial charge in [-0.3, -0.25) is 4.79 Å². The molecule has 2 rings (SSSR count). The molecule has 0 radical (unpaired) electrons. The van der Waals surface area contributed by atoms with E-state index in [9.17, 15) is 9.59 Å². The topological polar surface area (TPSA) is 55.4 Å². The Kier molecular flexibility index (Phi) is 5.74. The number of carbonyl (C=O) groups excluding carboxylic acids is 2. The van der Waals surface area contributed by atoms with Gasteiger partial charge in [-0.05, 0) is 38.5 Å². The lowest BCUT2D eigenvalue weighted by Crippen LogP contribution is -2.43. The Hall–Kier alpha value is -2.62. The van der Waals surface area contributed by atoms with Crippen molar-refractivity contribution >= 4 is 11.9 Å². The molecule has 126 valence electrons. The predicted octanol–water partition coefficient (Wildman–Crippen LogP) is 3.13. The lowest BCUT2D eigenvalue weighted by Gasteiger charge is -2.17. The van der Waals surface area contributed by atoms with Gasteiger partial charge in [-0.25, -0.2) is 4.79 Å². The largest absolute Gasteiger partial charge is 0.467 e. The molecule has 0 bridgehead atoms. The summed E-state index contributed by atoms with van der Waals surface area (Å²) in [7, 11) is 1.33. The Balaban J connectivity index is 2.19. The lowest BCUT2D eigenvalue weighted by molar-refractivity contribution is -0.142. The fourth-order valence-electron chi connectivity index (χ4n) is 2.76. The molecule has 0 aliphatic heterocycles. The van der Waals surface area contributed by atoms with E-state index >= 15 is 0 Å². The van der Waals surface area contributed by atoms with E-state index in [4.69, 9.17) is 4.74 Å². The van der Waals surface area contributed by atoms with Crippen LogP contribution in [0.2, 0.25) is 0 Å². The lowest BCUT2D eigenvalue weighted by atomic mass is 10.0. The normalized spacial score (nSPS) is 11.7. The molecule has 0 spiro atoms. The molecule has 2 aromatic carbocycles. The van der Waals surface area contributed by atoms with Crippen LogP contribution < -0.4 is 5.32 Å². The van der Waals surface area contributed by atoms with Gasteiger partial charge in [0.1, 0.15) is 6.04 Å². The van der Waals surface area contributed by atoms with Gasteiger partial charge in [0.25, 0.3) is 5.91 Å². The maximum atomic E-state index is 12.5. The fraction of sp³-hybridized carbons (Fsp3) is 0.300. The van der Waals surface area contributed by atoms with Crippen molar-refractivity contribution in [2.45, 2.75) is 33.2 Å². The first kappa shape index (κ1) is 17.7. The minimum atomic E-state index is -0.717. The van der Waals surface area contributed by atoms with E-state index in [-0.39, 0.29) is 5.91 Å². The molecular weight excluding hydrogens is 302 g/mol. The molecular formula is C20H23NO3. The third-order valence-electron chi connectivity index (χ3n) is 3.80. The van der Waals surface area contributed by atoms with E-state index in [1.807, 2.05) is 63.2 Å². The Bertz CT molecular complexity index is 732. The van der Waals surface area contributed by atoms with Crippen LogP contribution in [-0.2, 0) is 16.0 Å². The van der Waals surface area contributed by atoms with Crippen LogP contribution in [0.1, 0.15) is 32.6 Å². The van der Waals surface area contributed by atoms with E-state index < -0.39 is 12.0 Å². The van der Waals surface area contributed by atoms with Crippen molar-refractivity contribution in [1.82, 2.24) is 5.32 Å². The van der Waals surface area contributed by atoms with E-state index in [1.165, 1.54) is 7.11 Å². The number of hydrogen-bond donors (Lipinski definition) is 1. The second kappa shape index (κ2) is 7.77. The second-order valence-corrected chi connectivity index (χ2v) is 6.12. The number of ether oxygens (including phenoxy) is 1. The molecule has 0 aromatic heterocycles. The zero-order valence-electron chi connectivity index (χ0n) is 14.6. The maximum absolute atomic E-state index is 12.5. The minimum absolute atomic E-state index is 0.273. The van der Waals surface area contributed by atoms with Crippen molar-refractivity contribution in [1.29, 1.82) is 0 Å². The molecule has 4 heteroatoms. The van der Waals surface area contributed by atoms with Crippen molar-refractivity contribution in [2.75, 3.05) is 7.11 Å². The summed E-state index contributed by atoms with van der Waals surface area (Å²) < 4.78 is 4.85. The molecule has 0 fully saturated rings. The number of benzene rings is 2. The van der Waals surface area contributed by atoms with Gasteiger partial charge < -0.3 is 10.1 Å². The summed E-state index contributed by atoms with van der Waals surface area (Å²) in [6.07, 6.45) is 0.394. The average molecular weight is 325 g/mol. The molecule has 4 nitrogen and oxygen atoms in total. The average Bonchev–Trinajstić information content (AvgIpc) is 2.52. The van der Waals surface area contributed by atoms with Crippen LogP contribution in [0.4, 0.5) is 0 Å². The second-order valence-electron chi connectivity index (χ2n) is 6.12. The number of nitrogens with one attached hydrogen (secondary N) is 1. The molecule has 0 aliphatic rings. The summed E-state index contributed by atoms with van der Waals surface area (Å²) in [5.41, 5.74) is 4.65. The van der Waals surface area contributed by atoms with Gasteiger partial charge in [-0.15, -0.1) is 0 Å².